The van der Waals surface area contributed by atoms with E-state index < -0.39 is 0 Å². The van der Waals surface area contributed by atoms with Crippen molar-refractivity contribution in [2.75, 3.05) is 5.32 Å². The number of nitrogens with one attached hydrogen (secondary N) is 2. The molecule has 0 aromatic carbocycles. The maximum Gasteiger partial charge on any atom is 0.267 e. The Kier molecular flexibility index (Phi) is 3.14. The second-order valence-electron chi connectivity index (χ2n) is 5.63. The summed E-state index contributed by atoms with van der Waals surface area (Å²) in [5.41, 5.74) is 0.988. The number of fused-ring (bicyclic) bond motifs is 1. The second kappa shape index (κ2) is 4.71. The molecule has 20 heavy (non-hydrogen) atoms. The molecule has 3 aromatic heterocycles. The minimum atomic E-state index is -0.106. The number of aromatic nitrogens is 2. The fraction of sp³-hybridized carbons (Fsp3) is 0.286. The van der Waals surface area contributed by atoms with Gasteiger partial charge in [0.15, 0.2) is 5.82 Å². The highest BCUT2D eigenvalue weighted by atomic mass is 32.1. The van der Waals surface area contributed by atoms with Crippen LogP contribution in [-0.2, 0) is 5.41 Å². The minimum Gasteiger partial charge on any atom is -0.304 e. The van der Waals surface area contributed by atoms with Crippen LogP contribution >= 0.6 is 22.7 Å². The van der Waals surface area contributed by atoms with Crippen molar-refractivity contribution in [3.8, 4) is 0 Å². The minimum absolute atomic E-state index is 0.0124. The van der Waals surface area contributed by atoms with Crippen LogP contribution in [0.1, 0.15) is 36.1 Å². The summed E-state index contributed by atoms with van der Waals surface area (Å²) in [5.74, 6) is 0.460. The number of carbonyl (C=O) groups is 1. The first-order valence-corrected chi connectivity index (χ1v) is 7.97. The van der Waals surface area contributed by atoms with E-state index in [9.17, 15) is 4.79 Å². The first-order valence-electron chi connectivity index (χ1n) is 6.28. The molecular weight excluding hydrogens is 290 g/mol. The molecule has 0 aliphatic carbocycles. The average Bonchev–Trinajstić information content (AvgIpc) is 3.00. The van der Waals surface area contributed by atoms with Gasteiger partial charge in [0.05, 0.1) is 4.88 Å². The zero-order chi connectivity index (χ0) is 14.3. The van der Waals surface area contributed by atoms with Gasteiger partial charge < -0.3 is 5.32 Å². The monoisotopic (exact) mass is 305 g/mol. The van der Waals surface area contributed by atoms with Crippen molar-refractivity contribution >= 4 is 43.8 Å². The van der Waals surface area contributed by atoms with E-state index in [-0.39, 0.29) is 11.3 Å². The molecular formula is C14H15N3OS2. The Bertz CT molecular complexity index is 732. The molecule has 0 radical (unpaired) electrons. The van der Waals surface area contributed by atoms with Gasteiger partial charge in [-0.25, -0.2) is 0 Å². The quantitative estimate of drug-likeness (QED) is 0.744. The highest BCUT2D eigenvalue weighted by Crippen LogP contribution is 2.30. The van der Waals surface area contributed by atoms with Crippen molar-refractivity contribution in [2.45, 2.75) is 26.2 Å². The molecule has 0 spiro atoms. The lowest BCUT2D eigenvalue weighted by molar-refractivity contribution is 0.103. The molecule has 0 aliphatic heterocycles. The van der Waals surface area contributed by atoms with Gasteiger partial charge >= 0.3 is 0 Å². The van der Waals surface area contributed by atoms with Crippen LogP contribution in [0, 0.1) is 0 Å². The molecule has 4 nitrogen and oxygen atoms in total. The topological polar surface area (TPSA) is 57.8 Å². The summed E-state index contributed by atoms with van der Waals surface area (Å²) in [4.78, 5) is 12.9. The molecule has 0 aliphatic rings. The molecule has 1 amide bonds. The van der Waals surface area contributed by atoms with Gasteiger partial charge in [0.2, 0.25) is 0 Å². The standard InChI is InChI=1S/C14H15N3OS2/c1-14(2,3)11-7-12(17-16-11)15-13(18)10-6-9-8(20-10)4-5-19-9/h4-7H,1-3H3,(H2,15,16,17,18). The number of hydrogen-bond acceptors (Lipinski definition) is 4. The number of nitrogens with zero attached hydrogens (tertiary/aromatic N) is 1. The van der Waals surface area contributed by atoms with E-state index >= 15 is 0 Å². The van der Waals surface area contributed by atoms with E-state index in [2.05, 4.69) is 36.3 Å². The van der Waals surface area contributed by atoms with Gasteiger partial charge in [-0.15, -0.1) is 22.7 Å². The van der Waals surface area contributed by atoms with Crippen LogP contribution in [-0.4, -0.2) is 16.1 Å². The molecule has 3 aromatic rings. The normalized spacial score (nSPS) is 11.9. The molecule has 0 atom stereocenters. The van der Waals surface area contributed by atoms with Crippen LogP contribution < -0.4 is 5.32 Å². The van der Waals surface area contributed by atoms with E-state index in [0.29, 0.717) is 10.7 Å². The summed E-state index contributed by atoms with van der Waals surface area (Å²) in [5, 5.41) is 12.0. The van der Waals surface area contributed by atoms with Gasteiger partial charge in [-0.05, 0) is 17.5 Å². The van der Waals surface area contributed by atoms with Gasteiger partial charge in [0.25, 0.3) is 5.91 Å². The average molecular weight is 305 g/mol. The predicted molar refractivity (Wildman–Crippen MR) is 84.9 cm³/mol. The number of thiophene rings is 2. The van der Waals surface area contributed by atoms with Crippen LogP contribution in [0.2, 0.25) is 0 Å². The van der Waals surface area contributed by atoms with Crippen LogP contribution in [0.5, 0.6) is 0 Å². The highest BCUT2D eigenvalue weighted by molar-refractivity contribution is 7.27. The Morgan fingerprint density at radius 3 is 2.75 bits per heavy atom. The lowest BCUT2D eigenvalue weighted by Gasteiger charge is -2.14. The van der Waals surface area contributed by atoms with Gasteiger partial charge in [0, 0.05) is 26.6 Å². The number of rotatable bonds is 2. The fourth-order valence-electron chi connectivity index (χ4n) is 1.83. The number of hydrogen-bond donors (Lipinski definition) is 2. The molecule has 104 valence electrons. The first-order chi connectivity index (χ1) is 9.43. The Labute approximate surface area is 124 Å². The molecule has 0 saturated carbocycles. The van der Waals surface area contributed by atoms with E-state index in [4.69, 9.17) is 0 Å². The number of carbonyl (C=O) groups excluding carboxylic acids is 1. The SMILES string of the molecule is CC(C)(C)c1cc(NC(=O)c2cc3sccc3s2)n[nH]1. The summed E-state index contributed by atoms with van der Waals surface area (Å²) in [7, 11) is 0. The second-order valence-corrected chi connectivity index (χ2v) is 7.66. The summed E-state index contributed by atoms with van der Waals surface area (Å²) < 4.78 is 2.30. The Morgan fingerprint density at radius 1 is 1.30 bits per heavy atom. The lowest BCUT2D eigenvalue weighted by Crippen LogP contribution is -2.11. The Hall–Kier alpha value is -1.66. The number of H-pyrrole nitrogens is 1. The molecule has 3 heterocycles. The third-order valence-corrected chi connectivity index (χ3v) is 5.08. The summed E-state index contributed by atoms with van der Waals surface area (Å²) in [6.45, 7) is 6.29. The zero-order valence-corrected chi connectivity index (χ0v) is 13.1. The molecule has 0 fully saturated rings. The first kappa shape index (κ1) is 13.3. The van der Waals surface area contributed by atoms with Crippen LogP contribution in [0.25, 0.3) is 9.40 Å². The third kappa shape index (κ3) is 2.48. The van der Waals surface area contributed by atoms with Crippen LogP contribution in [0.4, 0.5) is 5.82 Å². The van der Waals surface area contributed by atoms with Crippen LogP contribution in [0.3, 0.4) is 0 Å². The van der Waals surface area contributed by atoms with Crippen LogP contribution in [0.15, 0.2) is 23.6 Å². The van der Waals surface area contributed by atoms with Gasteiger partial charge in [-0.2, -0.15) is 5.10 Å². The summed E-state index contributed by atoms with van der Waals surface area (Å²) in [6, 6.07) is 5.85. The van der Waals surface area contributed by atoms with Gasteiger partial charge in [0.1, 0.15) is 0 Å². The molecule has 3 rings (SSSR count). The van der Waals surface area contributed by atoms with E-state index in [1.165, 1.54) is 11.3 Å². The van der Waals surface area contributed by atoms with E-state index in [1.807, 2.05) is 23.6 Å². The maximum atomic E-state index is 12.2. The molecule has 0 unspecified atom stereocenters. The van der Waals surface area contributed by atoms with Crippen molar-refractivity contribution in [3.05, 3.63) is 34.2 Å². The van der Waals surface area contributed by atoms with Crippen molar-refractivity contribution in [1.29, 1.82) is 0 Å². The van der Waals surface area contributed by atoms with E-state index in [1.54, 1.807) is 11.3 Å². The molecule has 2 N–H and O–H groups in total. The number of aromatic amines is 1. The molecule has 6 heteroatoms. The van der Waals surface area contributed by atoms with Crippen molar-refractivity contribution in [2.24, 2.45) is 0 Å². The maximum absolute atomic E-state index is 12.2. The molecule has 0 saturated heterocycles. The largest absolute Gasteiger partial charge is 0.304 e. The fourth-order valence-corrected chi connectivity index (χ4v) is 3.83. The van der Waals surface area contributed by atoms with E-state index in [0.717, 1.165) is 15.1 Å². The van der Waals surface area contributed by atoms with Gasteiger partial charge in [-0.1, -0.05) is 20.8 Å². The zero-order valence-electron chi connectivity index (χ0n) is 11.5. The summed E-state index contributed by atoms with van der Waals surface area (Å²) in [6.07, 6.45) is 0. The Morgan fingerprint density at radius 2 is 2.10 bits per heavy atom. The van der Waals surface area contributed by atoms with Crippen molar-refractivity contribution in [3.63, 3.8) is 0 Å². The number of amides is 1. The number of anilines is 1. The Balaban J connectivity index is 1.79. The smallest absolute Gasteiger partial charge is 0.267 e. The highest BCUT2D eigenvalue weighted by Gasteiger charge is 2.18. The molecule has 0 bridgehead atoms. The van der Waals surface area contributed by atoms with Crippen molar-refractivity contribution < 1.29 is 4.79 Å². The summed E-state index contributed by atoms with van der Waals surface area (Å²) >= 11 is 3.15. The lowest BCUT2D eigenvalue weighted by atomic mass is 9.92. The third-order valence-electron chi connectivity index (χ3n) is 2.99. The van der Waals surface area contributed by atoms with Crippen molar-refractivity contribution in [1.82, 2.24) is 10.2 Å². The predicted octanol–water partition coefficient (Wildman–Crippen LogP) is 4.24. The van der Waals surface area contributed by atoms with Gasteiger partial charge in [-0.3, -0.25) is 9.89 Å².